The molecule has 1 aliphatic rings. The summed E-state index contributed by atoms with van der Waals surface area (Å²) in [6, 6.07) is 8.03. The third-order valence-corrected chi connectivity index (χ3v) is 4.70. The van der Waals surface area contributed by atoms with Gasteiger partial charge in [-0.3, -0.25) is 4.79 Å². The summed E-state index contributed by atoms with van der Waals surface area (Å²) >= 11 is 0. The van der Waals surface area contributed by atoms with E-state index in [1.54, 1.807) is 7.11 Å². The number of piperidine rings is 1. The van der Waals surface area contributed by atoms with Gasteiger partial charge in [0.15, 0.2) is 0 Å². The van der Waals surface area contributed by atoms with Gasteiger partial charge in [-0.05, 0) is 61.9 Å². The van der Waals surface area contributed by atoms with Crippen LogP contribution in [0.3, 0.4) is 0 Å². The SMILES string of the molecule is COc1ccc(C(NC(=O)CCC2CCNCC2)C(C)C)cc1. The number of methoxy groups -OCH3 is 1. The highest BCUT2D eigenvalue weighted by molar-refractivity contribution is 5.76. The summed E-state index contributed by atoms with van der Waals surface area (Å²) in [5.74, 6) is 2.05. The molecular formula is C19H30N2O2. The lowest BCUT2D eigenvalue weighted by Crippen LogP contribution is -2.33. The molecule has 0 spiro atoms. The van der Waals surface area contributed by atoms with Crippen LogP contribution in [0.25, 0.3) is 0 Å². The van der Waals surface area contributed by atoms with Crippen LogP contribution in [-0.2, 0) is 4.79 Å². The van der Waals surface area contributed by atoms with Crippen LogP contribution >= 0.6 is 0 Å². The highest BCUT2D eigenvalue weighted by atomic mass is 16.5. The quantitative estimate of drug-likeness (QED) is 0.811. The first-order valence-electron chi connectivity index (χ1n) is 8.74. The molecule has 23 heavy (non-hydrogen) atoms. The average Bonchev–Trinajstić information content (AvgIpc) is 2.58. The van der Waals surface area contributed by atoms with E-state index in [0.717, 1.165) is 30.8 Å². The Bertz CT molecular complexity index is 479. The molecule has 1 aromatic rings. The topological polar surface area (TPSA) is 50.4 Å². The lowest BCUT2D eigenvalue weighted by atomic mass is 9.92. The maximum Gasteiger partial charge on any atom is 0.220 e. The molecule has 0 saturated carbocycles. The van der Waals surface area contributed by atoms with Gasteiger partial charge in [-0.2, -0.15) is 0 Å². The molecule has 1 aliphatic heterocycles. The van der Waals surface area contributed by atoms with Gasteiger partial charge in [0.25, 0.3) is 0 Å². The van der Waals surface area contributed by atoms with Crippen molar-refractivity contribution in [2.24, 2.45) is 11.8 Å². The highest BCUT2D eigenvalue weighted by Gasteiger charge is 2.20. The molecule has 4 heteroatoms. The largest absolute Gasteiger partial charge is 0.497 e. The van der Waals surface area contributed by atoms with Gasteiger partial charge in [0.1, 0.15) is 5.75 Å². The Balaban J connectivity index is 1.88. The van der Waals surface area contributed by atoms with Crippen LogP contribution in [0.1, 0.15) is 51.1 Å². The molecule has 1 atom stereocenters. The monoisotopic (exact) mass is 318 g/mol. The van der Waals surface area contributed by atoms with Gasteiger partial charge in [0.2, 0.25) is 5.91 Å². The number of carbonyl (C=O) groups excluding carboxylic acids is 1. The summed E-state index contributed by atoms with van der Waals surface area (Å²) in [6.07, 6.45) is 4.02. The van der Waals surface area contributed by atoms with Crippen molar-refractivity contribution < 1.29 is 9.53 Å². The van der Waals surface area contributed by atoms with Crippen molar-refractivity contribution in [3.8, 4) is 5.75 Å². The number of amides is 1. The molecule has 0 radical (unpaired) electrons. The molecule has 4 nitrogen and oxygen atoms in total. The van der Waals surface area contributed by atoms with Crippen LogP contribution in [0, 0.1) is 11.8 Å². The van der Waals surface area contributed by atoms with Gasteiger partial charge in [0.05, 0.1) is 13.2 Å². The van der Waals surface area contributed by atoms with Crippen LogP contribution in [0.2, 0.25) is 0 Å². The Labute approximate surface area is 140 Å². The zero-order valence-corrected chi connectivity index (χ0v) is 14.6. The summed E-state index contributed by atoms with van der Waals surface area (Å²) < 4.78 is 5.20. The third kappa shape index (κ3) is 5.54. The molecule has 128 valence electrons. The number of carbonyl (C=O) groups is 1. The lowest BCUT2D eigenvalue weighted by Gasteiger charge is -2.25. The van der Waals surface area contributed by atoms with Gasteiger partial charge in [0, 0.05) is 6.42 Å². The first kappa shape index (κ1) is 17.8. The molecule has 1 heterocycles. The predicted octanol–water partition coefficient (Wildman–Crippen LogP) is 3.29. The van der Waals surface area contributed by atoms with Crippen molar-refractivity contribution in [1.29, 1.82) is 0 Å². The van der Waals surface area contributed by atoms with E-state index in [4.69, 9.17) is 4.74 Å². The van der Waals surface area contributed by atoms with Gasteiger partial charge in [-0.1, -0.05) is 26.0 Å². The Hall–Kier alpha value is -1.55. The summed E-state index contributed by atoms with van der Waals surface area (Å²) in [7, 11) is 1.66. The number of benzene rings is 1. The number of hydrogen-bond acceptors (Lipinski definition) is 3. The Kier molecular flexibility index (Phi) is 6.90. The van der Waals surface area contributed by atoms with Crippen molar-refractivity contribution in [2.45, 2.75) is 45.6 Å². The maximum atomic E-state index is 12.3. The van der Waals surface area contributed by atoms with Crippen molar-refractivity contribution in [3.63, 3.8) is 0 Å². The van der Waals surface area contributed by atoms with Crippen LogP contribution in [-0.4, -0.2) is 26.1 Å². The van der Waals surface area contributed by atoms with E-state index in [0.29, 0.717) is 18.3 Å². The molecule has 1 amide bonds. The molecule has 0 aromatic heterocycles. The van der Waals surface area contributed by atoms with Gasteiger partial charge in [-0.25, -0.2) is 0 Å². The fourth-order valence-corrected chi connectivity index (χ4v) is 3.20. The molecule has 1 fully saturated rings. The summed E-state index contributed by atoms with van der Waals surface area (Å²) in [5.41, 5.74) is 1.14. The van der Waals surface area contributed by atoms with E-state index >= 15 is 0 Å². The standard InChI is InChI=1S/C19H30N2O2/c1-14(2)19(16-5-7-17(23-3)8-6-16)21-18(22)9-4-15-10-12-20-13-11-15/h5-8,14-15,19-20H,4,9-13H2,1-3H3,(H,21,22). The zero-order valence-electron chi connectivity index (χ0n) is 14.6. The Morgan fingerprint density at radius 1 is 1.26 bits per heavy atom. The maximum absolute atomic E-state index is 12.3. The molecular weight excluding hydrogens is 288 g/mol. The van der Waals surface area contributed by atoms with E-state index < -0.39 is 0 Å². The fraction of sp³-hybridized carbons (Fsp3) is 0.632. The summed E-state index contributed by atoms with van der Waals surface area (Å²) in [6.45, 7) is 6.46. The van der Waals surface area contributed by atoms with Crippen LogP contribution in [0.15, 0.2) is 24.3 Å². The molecule has 1 aromatic carbocycles. The van der Waals surface area contributed by atoms with Gasteiger partial charge < -0.3 is 15.4 Å². The van der Waals surface area contributed by atoms with Crippen molar-refractivity contribution in [3.05, 3.63) is 29.8 Å². The second-order valence-electron chi connectivity index (χ2n) is 6.79. The summed E-state index contributed by atoms with van der Waals surface area (Å²) in [4.78, 5) is 12.3. The van der Waals surface area contributed by atoms with E-state index in [2.05, 4.69) is 24.5 Å². The Morgan fingerprint density at radius 3 is 2.48 bits per heavy atom. The minimum Gasteiger partial charge on any atom is -0.497 e. The number of ether oxygens (including phenoxy) is 1. The second-order valence-corrected chi connectivity index (χ2v) is 6.79. The van der Waals surface area contributed by atoms with Gasteiger partial charge in [-0.15, -0.1) is 0 Å². The van der Waals surface area contributed by atoms with Crippen molar-refractivity contribution in [1.82, 2.24) is 10.6 Å². The first-order chi connectivity index (χ1) is 11.1. The summed E-state index contributed by atoms with van der Waals surface area (Å²) in [5, 5.41) is 6.58. The molecule has 0 aliphatic carbocycles. The van der Waals surface area contributed by atoms with Crippen LogP contribution in [0.4, 0.5) is 0 Å². The normalized spacial score (nSPS) is 17.0. The van der Waals surface area contributed by atoms with Crippen LogP contribution in [0.5, 0.6) is 5.75 Å². The predicted molar refractivity (Wildman–Crippen MR) is 93.5 cm³/mol. The molecule has 2 rings (SSSR count). The number of nitrogens with one attached hydrogen (secondary N) is 2. The average molecular weight is 318 g/mol. The van der Waals surface area contributed by atoms with E-state index in [1.165, 1.54) is 12.8 Å². The first-order valence-corrected chi connectivity index (χ1v) is 8.74. The highest BCUT2D eigenvalue weighted by Crippen LogP contribution is 2.24. The lowest BCUT2D eigenvalue weighted by molar-refractivity contribution is -0.122. The Morgan fingerprint density at radius 2 is 1.91 bits per heavy atom. The van der Waals surface area contributed by atoms with E-state index in [9.17, 15) is 4.79 Å². The van der Waals surface area contributed by atoms with Gasteiger partial charge >= 0.3 is 0 Å². The molecule has 2 N–H and O–H groups in total. The van der Waals surface area contributed by atoms with Crippen molar-refractivity contribution in [2.75, 3.05) is 20.2 Å². The minimum atomic E-state index is 0.0569. The second kappa shape index (κ2) is 8.92. The van der Waals surface area contributed by atoms with E-state index in [-0.39, 0.29) is 11.9 Å². The van der Waals surface area contributed by atoms with Crippen molar-refractivity contribution >= 4 is 5.91 Å². The number of rotatable bonds is 7. The van der Waals surface area contributed by atoms with E-state index in [1.807, 2.05) is 24.3 Å². The number of hydrogen-bond donors (Lipinski definition) is 2. The zero-order chi connectivity index (χ0) is 16.7. The smallest absolute Gasteiger partial charge is 0.220 e. The third-order valence-electron chi connectivity index (χ3n) is 4.70. The molecule has 1 saturated heterocycles. The molecule has 1 unspecified atom stereocenters. The minimum absolute atomic E-state index is 0.0569. The van der Waals surface area contributed by atoms with Crippen LogP contribution < -0.4 is 15.4 Å². The fourth-order valence-electron chi connectivity index (χ4n) is 3.20. The molecule has 0 bridgehead atoms.